The van der Waals surface area contributed by atoms with Gasteiger partial charge in [-0.15, -0.1) is 0 Å². The third kappa shape index (κ3) is 4.15. The van der Waals surface area contributed by atoms with Gasteiger partial charge in [0.2, 0.25) is 0 Å². The average Bonchev–Trinajstić information content (AvgIpc) is 3.45. The van der Waals surface area contributed by atoms with E-state index in [9.17, 15) is 21.0 Å². The van der Waals surface area contributed by atoms with Gasteiger partial charge in [0.25, 0.3) is 0 Å². The van der Waals surface area contributed by atoms with Gasteiger partial charge in [0, 0.05) is 18.0 Å². The van der Waals surface area contributed by atoms with Crippen molar-refractivity contribution in [2.75, 3.05) is 13.1 Å². The van der Waals surface area contributed by atoms with Gasteiger partial charge in [-0.1, -0.05) is 13.8 Å². The van der Waals surface area contributed by atoms with E-state index in [2.05, 4.69) is 34.6 Å². The number of aromatic nitrogens is 4. The zero-order chi connectivity index (χ0) is 27.7. The Kier molecular flexibility index (Phi) is 6.96. The first kappa shape index (κ1) is 25.8. The average molecular weight is 516 g/mol. The Balaban J connectivity index is 1.99. The number of rotatable bonds is 5. The van der Waals surface area contributed by atoms with Crippen LogP contribution in [0.1, 0.15) is 79.8 Å². The summed E-state index contributed by atoms with van der Waals surface area (Å²) in [5.74, 6) is -0.204. The highest BCUT2D eigenvalue weighted by molar-refractivity contribution is 6.18. The summed E-state index contributed by atoms with van der Waals surface area (Å²) >= 11 is 0. The predicted octanol–water partition coefficient (Wildman–Crippen LogP) is 3.58. The van der Waals surface area contributed by atoms with Gasteiger partial charge in [-0.2, -0.15) is 21.0 Å². The van der Waals surface area contributed by atoms with E-state index in [0.717, 1.165) is 25.0 Å². The SMILES string of the molecule is CCC1=C(C#N)C(C#N)=Nc2c(c3nc(C#N)c(C4CCCN4)nc3c3nc(C(CC)CN)c(C#N)nc23)C1. The molecular weight excluding hydrogens is 490 g/mol. The number of aliphatic imine (C=N–C) groups is 1. The van der Waals surface area contributed by atoms with Gasteiger partial charge in [0.15, 0.2) is 17.1 Å². The van der Waals surface area contributed by atoms with E-state index in [-0.39, 0.29) is 47.6 Å². The topological polar surface area (TPSA) is 197 Å². The molecule has 2 aromatic heterocycles. The summed E-state index contributed by atoms with van der Waals surface area (Å²) in [6.07, 6.45) is 3.21. The number of fused-ring (bicyclic) bond motifs is 6. The number of nitriles is 4. The van der Waals surface area contributed by atoms with Crippen LogP contribution >= 0.6 is 0 Å². The fraction of sp³-hybridized carbons (Fsp3) is 0.393. The first-order chi connectivity index (χ1) is 19.0. The number of benzene rings is 1. The van der Waals surface area contributed by atoms with E-state index in [1.54, 1.807) is 0 Å². The van der Waals surface area contributed by atoms with E-state index >= 15 is 0 Å². The van der Waals surface area contributed by atoms with Crippen molar-refractivity contribution in [3.8, 4) is 24.3 Å². The van der Waals surface area contributed by atoms with E-state index in [4.69, 9.17) is 25.7 Å². The Hall–Kier alpha value is -4.81. The molecule has 0 aliphatic carbocycles. The lowest BCUT2D eigenvalue weighted by molar-refractivity contribution is 0.625. The van der Waals surface area contributed by atoms with Crippen LogP contribution in [-0.4, -0.2) is 38.7 Å². The number of hydrogen-bond donors (Lipinski definition) is 2. The molecule has 39 heavy (non-hydrogen) atoms. The quantitative estimate of drug-likeness (QED) is 0.473. The van der Waals surface area contributed by atoms with Crippen LogP contribution in [-0.2, 0) is 6.42 Å². The molecule has 0 spiro atoms. The molecule has 1 fully saturated rings. The summed E-state index contributed by atoms with van der Waals surface area (Å²) in [5.41, 5.74) is 10.7. The van der Waals surface area contributed by atoms with Crippen LogP contribution in [0.2, 0.25) is 0 Å². The standard InChI is InChI=1S/C28H25N11/c1-3-14-8-16-23(35-19(11-31)17(14)10-30)26-28(38-22(15(4-2)9-29)20(12-32)37-26)27-24(16)36-21(13-33)25(39-27)18-6-5-7-34-18/h15,18,34H,3-9,29H2,1-2H3. The monoisotopic (exact) mass is 515 g/mol. The number of allylic oxidation sites excluding steroid dienone is 2. The Bertz CT molecular complexity index is 1750. The lowest BCUT2D eigenvalue weighted by atomic mass is 9.94. The molecule has 3 aromatic rings. The number of hydrogen-bond acceptors (Lipinski definition) is 11. The third-order valence-electron chi connectivity index (χ3n) is 7.48. The van der Waals surface area contributed by atoms with E-state index in [1.807, 2.05) is 13.8 Å². The van der Waals surface area contributed by atoms with Crippen molar-refractivity contribution >= 4 is 33.5 Å². The first-order valence-electron chi connectivity index (χ1n) is 13.0. The second-order valence-electron chi connectivity index (χ2n) is 9.54. The molecule has 0 radical (unpaired) electrons. The summed E-state index contributed by atoms with van der Waals surface area (Å²) in [6.45, 7) is 4.97. The minimum Gasteiger partial charge on any atom is -0.330 e. The molecule has 5 rings (SSSR count). The highest BCUT2D eigenvalue weighted by Crippen LogP contribution is 2.41. The summed E-state index contributed by atoms with van der Waals surface area (Å²) in [7, 11) is 0. The van der Waals surface area contributed by atoms with Crippen molar-refractivity contribution < 1.29 is 0 Å². The van der Waals surface area contributed by atoms with Gasteiger partial charge in [0.05, 0.1) is 34.2 Å². The van der Waals surface area contributed by atoms with Crippen molar-refractivity contribution in [1.29, 1.82) is 21.0 Å². The third-order valence-corrected chi connectivity index (χ3v) is 7.48. The van der Waals surface area contributed by atoms with E-state index in [0.29, 0.717) is 57.5 Å². The van der Waals surface area contributed by atoms with Gasteiger partial charge in [-0.25, -0.2) is 24.9 Å². The maximum absolute atomic E-state index is 10.0. The smallest absolute Gasteiger partial charge is 0.164 e. The van der Waals surface area contributed by atoms with Crippen molar-refractivity contribution in [1.82, 2.24) is 25.3 Å². The maximum Gasteiger partial charge on any atom is 0.164 e. The largest absolute Gasteiger partial charge is 0.330 e. The molecule has 2 aliphatic heterocycles. The van der Waals surface area contributed by atoms with Crippen LogP contribution in [0.15, 0.2) is 16.1 Å². The summed E-state index contributed by atoms with van der Waals surface area (Å²) < 4.78 is 0. The van der Waals surface area contributed by atoms with Crippen LogP contribution < -0.4 is 11.1 Å². The predicted molar refractivity (Wildman–Crippen MR) is 143 cm³/mol. The second-order valence-corrected chi connectivity index (χ2v) is 9.54. The summed E-state index contributed by atoms with van der Waals surface area (Å²) in [4.78, 5) is 24.0. The van der Waals surface area contributed by atoms with E-state index < -0.39 is 0 Å². The maximum atomic E-state index is 10.0. The van der Waals surface area contributed by atoms with Gasteiger partial charge < -0.3 is 11.1 Å². The van der Waals surface area contributed by atoms with Gasteiger partial charge in [-0.05, 0) is 44.2 Å². The number of nitrogens with two attached hydrogens (primary N) is 1. The molecule has 11 nitrogen and oxygen atoms in total. The highest BCUT2D eigenvalue weighted by Gasteiger charge is 2.30. The van der Waals surface area contributed by atoms with Crippen molar-refractivity contribution in [2.24, 2.45) is 10.7 Å². The zero-order valence-electron chi connectivity index (χ0n) is 21.7. The van der Waals surface area contributed by atoms with Gasteiger partial charge in [-0.3, -0.25) is 0 Å². The molecule has 0 amide bonds. The van der Waals surface area contributed by atoms with Crippen LogP contribution in [0.3, 0.4) is 0 Å². The van der Waals surface area contributed by atoms with Crippen molar-refractivity contribution in [3.05, 3.63) is 39.5 Å². The summed E-state index contributed by atoms with van der Waals surface area (Å²) in [6, 6.07) is 8.42. The van der Waals surface area contributed by atoms with Crippen molar-refractivity contribution in [3.63, 3.8) is 0 Å². The van der Waals surface area contributed by atoms with E-state index in [1.165, 1.54) is 0 Å². The second kappa shape index (κ2) is 10.5. The molecule has 0 bridgehead atoms. The fourth-order valence-electron chi connectivity index (χ4n) is 5.38. The molecule has 192 valence electrons. The van der Waals surface area contributed by atoms with Crippen molar-refractivity contribution in [2.45, 2.75) is 57.9 Å². The van der Waals surface area contributed by atoms with Crippen LogP contribution in [0.25, 0.3) is 22.1 Å². The lowest BCUT2D eigenvalue weighted by Gasteiger charge is -2.18. The number of nitrogens with zero attached hydrogens (tertiary/aromatic N) is 9. The Morgan fingerprint density at radius 3 is 2.26 bits per heavy atom. The van der Waals surface area contributed by atoms with Crippen LogP contribution in [0, 0.1) is 45.3 Å². The first-order valence-corrected chi connectivity index (χ1v) is 13.0. The molecular formula is C28H25N11. The fourth-order valence-corrected chi connectivity index (χ4v) is 5.38. The minimum absolute atomic E-state index is 0.0354. The molecule has 4 heterocycles. The zero-order valence-corrected chi connectivity index (χ0v) is 21.7. The van der Waals surface area contributed by atoms with Gasteiger partial charge in [0.1, 0.15) is 40.8 Å². The number of nitrogens with one attached hydrogen (secondary N) is 1. The normalized spacial score (nSPS) is 17.5. The molecule has 11 heteroatoms. The molecule has 1 saturated heterocycles. The minimum atomic E-state index is -0.204. The Morgan fingerprint density at radius 1 is 0.923 bits per heavy atom. The highest BCUT2D eigenvalue weighted by atomic mass is 15.0. The Morgan fingerprint density at radius 2 is 1.67 bits per heavy atom. The molecule has 2 unspecified atom stereocenters. The lowest BCUT2D eigenvalue weighted by Crippen LogP contribution is -2.18. The molecule has 2 aliphatic rings. The molecule has 2 atom stereocenters. The summed E-state index contributed by atoms with van der Waals surface area (Å²) in [5, 5.41) is 43.2. The molecule has 3 N–H and O–H groups in total. The van der Waals surface area contributed by atoms with Crippen LogP contribution in [0.4, 0.5) is 5.69 Å². The van der Waals surface area contributed by atoms with Crippen LogP contribution in [0.5, 0.6) is 0 Å². The van der Waals surface area contributed by atoms with Gasteiger partial charge >= 0.3 is 0 Å². The molecule has 1 aromatic carbocycles. The molecule has 0 saturated carbocycles. The Labute approximate surface area is 225 Å².